The van der Waals surface area contributed by atoms with Gasteiger partial charge in [-0.05, 0) is 38.1 Å². The zero-order valence-corrected chi connectivity index (χ0v) is 15.9. The number of hydrogen-bond acceptors (Lipinski definition) is 4. The molecule has 5 nitrogen and oxygen atoms in total. The number of likely N-dealkylation sites (tertiary alicyclic amines) is 1. The Kier molecular flexibility index (Phi) is 5.55. The molecule has 1 N–H and O–H groups in total. The van der Waals surface area contributed by atoms with Gasteiger partial charge in [-0.3, -0.25) is 9.69 Å². The van der Waals surface area contributed by atoms with E-state index in [4.69, 9.17) is 21.1 Å². The van der Waals surface area contributed by atoms with E-state index in [0.717, 1.165) is 18.9 Å². The third kappa shape index (κ3) is 3.94. The molecule has 4 rings (SSSR count). The molecule has 6 heteroatoms. The van der Waals surface area contributed by atoms with Crippen molar-refractivity contribution < 1.29 is 14.3 Å². The molecule has 142 valence electrons. The first kappa shape index (κ1) is 17.9. The zero-order chi connectivity index (χ0) is 17.9. The van der Waals surface area contributed by atoms with Gasteiger partial charge < -0.3 is 14.8 Å². The largest absolute Gasteiger partial charge is 0.490 e. The van der Waals surface area contributed by atoms with Crippen LogP contribution in [0.15, 0.2) is 12.1 Å². The maximum atomic E-state index is 12.7. The minimum Gasteiger partial charge on any atom is -0.490 e. The number of ether oxygens (including phenoxy) is 2. The van der Waals surface area contributed by atoms with Crippen LogP contribution in [0.1, 0.15) is 44.9 Å². The normalized spacial score (nSPS) is 25.9. The van der Waals surface area contributed by atoms with Gasteiger partial charge in [0.1, 0.15) is 0 Å². The van der Waals surface area contributed by atoms with Gasteiger partial charge in [0.05, 0.1) is 30.5 Å². The van der Waals surface area contributed by atoms with Crippen molar-refractivity contribution in [1.29, 1.82) is 0 Å². The summed E-state index contributed by atoms with van der Waals surface area (Å²) < 4.78 is 11.3. The Morgan fingerprint density at radius 1 is 1.08 bits per heavy atom. The van der Waals surface area contributed by atoms with E-state index in [-0.39, 0.29) is 5.91 Å². The number of halogens is 1. The third-order valence-electron chi connectivity index (χ3n) is 5.82. The Morgan fingerprint density at radius 3 is 2.65 bits per heavy atom. The predicted molar refractivity (Wildman–Crippen MR) is 102 cm³/mol. The number of carbonyl (C=O) groups excluding carboxylic acids is 1. The molecule has 0 spiro atoms. The maximum absolute atomic E-state index is 12.7. The smallest absolute Gasteiger partial charge is 0.238 e. The monoisotopic (exact) mass is 378 g/mol. The van der Waals surface area contributed by atoms with Crippen molar-refractivity contribution in [1.82, 2.24) is 4.90 Å². The van der Waals surface area contributed by atoms with Gasteiger partial charge in [-0.2, -0.15) is 0 Å². The Bertz CT molecular complexity index is 665. The number of rotatable bonds is 3. The molecular formula is C20H27ClN2O3. The fourth-order valence-corrected chi connectivity index (χ4v) is 4.78. The highest BCUT2D eigenvalue weighted by Crippen LogP contribution is 2.38. The van der Waals surface area contributed by atoms with E-state index in [2.05, 4.69) is 10.2 Å². The molecule has 1 amide bonds. The number of benzene rings is 1. The van der Waals surface area contributed by atoms with E-state index < -0.39 is 0 Å². The van der Waals surface area contributed by atoms with Crippen molar-refractivity contribution in [3.05, 3.63) is 17.2 Å². The highest BCUT2D eigenvalue weighted by molar-refractivity contribution is 6.34. The van der Waals surface area contributed by atoms with Gasteiger partial charge in [-0.15, -0.1) is 0 Å². The molecule has 1 aromatic rings. The van der Waals surface area contributed by atoms with E-state index in [0.29, 0.717) is 48.0 Å². The molecule has 0 aromatic heterocycles. The lowest BCUT2D eigenvalue weighted by atomic mass is 9.78. The van der Waals surface area contributed by atoms with Gasteiger partial charge in [0, 0.05) is 24.6 Å². The van der Waals surface area contributed by atoms with E-state index >= 15 is 0 Å². The van der Waals surface area contributed by atoms with E-state index in [1.165, 1.54) is 38.5 Å². The average Bonchev–Trinajstić information content (AvgIpc) is 2.87. The fourth-order valence-electron chi connectivity index (χ4n) is 4.58. The number of fused-ring (bicyclic) bond motifs is 2. The van der Waals surface area contributed by atoms with Crippen molar-refractivity contribution in [3.8, 4) is 11.5 Å². The Morgan fingerprint density at radius 2 is 1.81 bits per heavy atom. The summed E-state index contributed by atoms with van der Waals surface area (Å²) in [5.74, 6) is 2.05. The van der Waals surface area contributed by atoms with Gasteiger partial charge >= 0.3 is 0 Å². The summed E-state index contributed by atoms with van der Waals surface area (Å²) in [6.07, 6.45) is 8.52. The highest BCUT2D eigenvalue weighted by atomic mass is 35.5. The number of carbonyl (C=O) groups is 1. The van der Waals surface area contributed by atoms with Gasteiger partial charge in [0.2, 0.25) is 5.91 Å². The van der Waals surface area contributed by atoms with Crippen molar-refractivity contribution in [3.63, 3.8) is 0 Å². The van der Waals surface area contributed by atoms with Gasteiger partial charge in [0.25, 0.3) is 0 Å². The number of piperidine rings is 1. The molecule has 1 aliphatic carbocycles. The Balaban J connectivity index is 1.42. The van der Waals surface area contributed by atoms with E-state index in [1.807, 2.05) is 0 Å². The first-order valence-electron chi connectivity index (χ1n) is 9.84. The van der Waals surface area contributed by atoms with Gasteiger partial charge in [-0.25, -0.2) is 0 Å². The quantitative estimate of drug-likeness (QED) is 0.860. The number of nitrogens with zero attached hydrogens (tertiary/aromatic N) is 1. The second kappa shape index (κ2) is 8.05. The van der Waals surface area contributed by atoms with E-state index in [9.17, 15) is 4.79 Å². The molecule has 3 aliphatic rings. The van der Waals surface area contributed by atoms with Crippen LogP contribution in [0.2, 0.25) is 5.02 Å². The summed E-state index contributed by atoms with van der Waals surface area (Å²) in [7, 11) is 0. The molecule has 0 unspecified atom stereocenters. The van der Waals surface area contributed by atoms with Gasteiger partial charge in [-0.1, -0.05) is 24.4 Å². The van der Waals surface area contributed by atoms with Crippen LogP contribution in [0.3, 0.4) is 0 Å². The predicted octanol–water partition coefficient (Wildman–Crippen LogP) is 4.09. The molecule has 2 heterocycles. The highest BCUT2D eigenvalue weighted by Gasteiger charge is 2.34. The lowest BCUT2D eigenvalue weighted by Gasteiger charge is -2.43. The molecule has 1 aromatic carbocycles. The van der Waals surface area contributed by atoms with Crippen LogP contribution >= 0.6 is 11.6 Å². The van der Waals surface area contributed by atoms with Crippen LogP contribution in [0.25, 0.3) is 0 Å². The van der Waals surface area contributed by atoms with Crippen LogP contribution < -0.4 is 14.8 Å². The molecule has 2 fully saturated rings. The standard InChI is InChI=1S/C20H27ClN2O3/c21-15-11-18-19(26-10-4-9-25-18)12-16(15)22-20(24)13-23-8-3-6-14-5-1-2-7-17(14)23/h11-12,14,17H,1-10,13H2,(H,22,24)/t14-,17+/m0/s1. The van der Waals surface area contributed by atoms with Crippen LogP contribution in [0.4, 0.5) is 5.69 Å². The summed E-state index contributed by atoms with van der Waals surface area (Å²) in [4.78, 5) is 15.0. The lowest BCUT2D eigenvalue weighted by molar-refractivity contribution is -0.118. The summed E-state index contributed by atoms with van der Waals surface area (Å²) in [5, 5.41) is 3.46. The van der Waals surface area contributed by atoms with Crippen LogP contribution in [0.5, 0.6) is 11.5 Å². The number of nitrogens with one attached hydrogen (secondary N) is 1. The second-order valence-electron chi connectivity index (χ2n) is 7.60. The van der Waals surface area contributed by atoms with Gasteiger partial charge in [0.15, 0.2) is 11.5 Å². The maximum Gasteiger partial charge on any atom is 0.238 e. The first-order valence-corrected chi connectivity index (χ1v) is 10.2. The van der Waals surface area contributed by atoms with Crippen molar-refractivity contribution in [2.75, 3.05) is 31.6 Å². The fraction of sp³-hybridized carbons (Fsp3) is 0.650. The molecular weight excluding hydrogens is 352 g/mol. The first-order chi connectivity index (χ1) is 12.7. The lowest BCUT2D eigenvalue weighted by Crippen LogP contribution is -2.49. The average molecular weight is 379 g/mol. The van der Waals surface area contributed by atoms with Crippen molar-refractivity contribution >= 4 is 23.2 Å². The van der Waals surface area contributed by atoms with E-state index in [1.54, 1.807) is 12.1 Å². The number of hydrogen-bond donors (Lipinski definition) is 1. The zero-order valence-electron chi connectivity index (χ0n) is 15.1. The summed E-state index contributed by atoms with van der Waals surface area (Å²) >= 11 is 6.35. The number of anilines is 1. The summed E-state index contributed by atoms with van der Waals surface area (Å²) in [6, 6.07) is 4.08. The minimum absolute atomic E-state index is 0.00684. The Labute approximate surface area is 160 Å². The molecule has 0 radical (unpaired) electrons. The molecule has 2 atom stereocenters. The van der Waals surface area contributed by atoms with Crippen molar-refractivity contribution in [2.24, 2.45) is 5.92 Å². The summed E-state index contributed by atoms with van der Waals surface area (Å²) in [6.45, 7) is 2.68. The molecule has 0 bridgehead atoms. The third-order valence-corrected chi connectivity index (χ3v) is 6.13. The topological polar surface area (TPSA) is 50.8 Å². The van der Waals surface area contributed by atoms with Crippen LogP contribution in [-0.4, -0.2) is 43.2 Å². The molecule has 1 saturated carbocycles. The SMILES string of the molecule is O=C(CN1CCC[C@@H]2CCCC[C@H]21)Nc1cc2c(cc1Cl)OCCCO2. The number of amides is 1. The minimum atomic E-state index is -0.00684. The van der Waals surface area contributed by atoms with Crippen molar-refractivity contribution in [2.45, 2.75) is 51.0 Å². The molecule has 26 heavy (non-hydrogen) atoms. The van der Waals surface area contributed by atoms with Crippen LogP contribution in [0, 0.1) is 5.92 Å². The molecule has 1 saturated heterocycles. The second-order valence-corrected chi connectivity index (χ2v) is 8.01. The Hall–Kier alpha value is -1.46. The summed E-state index contributed by atoms with van der Waals surface area (Å²) in [5.41, 5.74) is 0.595. The molecule has 2 aliphatic heterocycles. The van der Waals surface area contributed by atoms with Crippen LogP contribution in [-0.2, 0) is 4.79 Å².